The first-order chi connectivity index (χ1) is 10.9. The van der Waals surface area contributed by atoms with Gasteiger partial charge in [0.25, 0.3) is 0 Å². The summed E-state index contributed by atoms with van der Waals surface area (Å²) in [5.41, 5.74) is 0.377. The zero-order valence-electron chi connectivity index (χ0n) is 13.3. The average Bonchev–Trinajstić information content (AvgIpc) is 2.56. The van der Waals surface area contributed by atoms with Crippen LogP contribution in [0.4, 0.5) is 0 Å². The van der Waals surface area contributed by atoms with Crippen molar-refractivity contribution in [2.75, 3.05) is 13.6 Å². The smallest absolute Gasteiger partial charge is 0.242 e. The molecular weight excluding hydrogens is 310 g/mol. The maximum atomic E-state index is 12.7. The van der Waals surface area contributed by atoms with Crippen molar-refractivity contribution < 1.29 is 13.2 Å². The van der Waals surface area contributed by atoms with E-state index in [1.807, 2.05) is 37.3 Å². The minimum atomic E-state index is -3.58. The maximum Gasteiger partial charge on any atom is 0.242 e. The number of carbonyl (C=O) groups excluding carboxylic acids is 1. The predicted molar refractivity (Wildman–Crippen MR) is 90.7 cm³/mol. The topological polar surface area (TPSA) is 54.5 Å². The second-order valence-corrected chi connectivity index (χ2v) is 7.92. The molecule has 0 aliphatic rings. The van der Waals surface area contributed by atoms with E-state index in [0.717, 1.165) is 11.8 Å². The van der Waals surface area contributed by atoms with Gasteiger partial charge >= 0.3 is 0 Å². The number of benzene rings is 2. The summed E-state index contributed by atoms with van der Waals surface area (Å²) in [4.78, 5) is 11.4. The van der Waals surface area contributed by atoms with Crippen LogP contribution in [-0.4, -0.2) is 32.6 Å². The van der Waals surface area contributed by atoms with Gasteiger partial charge in [0.15, 0.2) is 0 Å². The van der Waals surface area contributed by atoms with Gasteiger partial charge in [-0.2, -0.15) is 0 Å². The Kier molecular flexibility index (Phi) is 5.34. The molecule has 0 saturated heterocycles. The molecule has 0 aliphatic heterocycles. The largest absolute Gasteiger partial charge is 0.303 e. The highest BCUT2D eigenvalue weighted by Crippen LogP contribution is 2.29. The number of sulfonamides is 1. The summed E-state index contributed by atoms with van der Waals surface area (Å²) in [6.07, 6.45) is 1.10. The van der Waals surface area contributed by atoms with Gasteiger partial charge in [0.2, 0.25) is 10.0 Å². The lowest BCUT2D eigenvalue weighted by Gasteiger charge is -2.32. The van der Waals surface area contributed by atoms with Crippen LogP contribution in [0, 0.1) is 0 Å². The third kappa shape index (κ3) is 3.86. The van der Waals surface area contributed by atoms with Crippen molar-refractivity contribution in [1.29, 1.82) is 0 Å². The Labute approximate surface area is 137 Å². The number of carbonyl (C=O) groups is 1. The quantitative estimate of drug-likeness (QED) is 0.733. The molecule has 0 aliphatic carbocycles. The maximum absolute atomic E-state index is 12.7. The molecule has 23 heavy (non-hydrogen) atoms. The van der Waals surface area contributed by atoms with Crippen molar-refractivity contribution >= 4 is 16.3 Å². The van der Waals surface area contributed by atoms with Crippen LogP contribution in [0.25, 0.3) is 0 Å². The predicted octanol–water partition coefficient (Wildman–Crippen LogP) is 2.85. The molecule has 0 aromatic heterocycles. The molecule has 5 heteroatoms. The minimum absolute atomic E-state index is 0.229. The number of rotatable bonds is 7. The van der Waals surface area contributed by atoms with Gasteiger partial charge in [0.1, 0.15) is 6.29 Å². The highest BCUT2D eigenvalue weighted by Gasteiger charge is 2.32. The summed E-state index contributed by atoms with van der Waals surface area (Å²) in [6.45, 7) is 2.14. The first-order valence-corrected chi connectivity index (χ1v) is 8.85. The van der Waals surface area contributed by atoms with Crippen LogP contribution in [0.3, 0.4) is 0 Å². The molecule has 2 rings (SSSR count). The van der Waals surface area contributed by atoms with Crippen LogP contribution in [0.2, 0.25) is 0 Å². The Morgan fingerprint density at radius 3 is 2.04 bits per heavy atom. The van der Waals surface area contributed by atoms with Crippen molar-refractivity contribution in [2.24, 2.45) is 0 Å². The van der Waals surface area contributed by atoms with Gasteiger partial charge in [-0.15, -0.1) is 0 Å². The lowest BCUT2D eigenvalue weighted by atomic mass is 9.80. The first-order valence-electron chi connectivity index (χ1n) is 7.41. The summed E-state index contributed by atoms with van der Waals surface area (Å²) in [5.74, 6) is 0. The molecule has 0 fully saturated rings. The van der Waals surface area contributed by atoms with Crippen molar-refractivity contribution in [3.8, 4) is 0 Å². The Hall–Kier alpha value is -1.98. The fourth-order valence-corrected chi connectivity index (χ4v) is 3.96. The average molecular weight is 331 g/mol. The van der Waals surface area contributed by atoms with E-state index in [1.54, 1.807) is 37.4 Å². The molecule has 0 N–H and O–H groups in total. The van der Waals surface area contributed by atoms with Gasteiger partial charge in [-0.25, -0.2) is 12.7 Å². The molecule has 2 aromatic carbocycles. The first kappa shape index (κ1) is 17.4. The molecular formula is C18H21NO3S. The fourth-order valence-electron chi connectivity index (χ4n) is 2.65. The van der Waals surface area contributed by atoms with E-state index >= 15 is 0 Å². The van der Waals surface area contributed by atoms with Crippen molar-refractivity contribution in [3.63, 3.8) is 0 Å². The van der Waals surface area contributed by atoms with E-state index in [-0.39, 0.29) is 17.9 Å². The van der Waals surface area contributed by atoms with Gasteiger partial charge in [-0.05, 0) is 17.7 Å². The normalized spacial score (nSPS) is 14.4. The Morgan fingerprint density at radius 2 is 1.52 bits per heavy atom. The molecule has 0 unspecified atom stereocenters. The molecule has 0 bridgehead atoms. The standard InChI is InChI=1S/C18H21NO3S/c1-18(13-14-20,16-9-5-3-6-10-16)15-19(2)23(21,22)17-11-7-4-8-12-17/h3-12,14H,13,15H2,1-2H3/t18-/m0/s1. The number of aldehydes is 1. The van der Waals surface area contributed by atoms with Crippen LogP contribution < -0.4 is 0 Å². The summed E-state index contributed by atoms with van der Waals surface area (Å²) in [7, 11) is -2.03. The summed E-state index contributed by atoms with van der Waals surface area (Å²) >= 11 is 0. The molecule has 0 heterocycles. The van der Waals surface area contributed by atoms with Crippen LogP contribution in [0.1, 0.15) is 18.9 Å². The van der Waals surface area contributed by atoms with Crippen LogP contribution in [-0.2, 0) is 20.2 Å². The highest BCUT2D eigenvalue weighted by molar-refractivity contribution is 7.89. The Balaban J connectivity index is 2.32. The molecule has 2 aromatic rings. The SMILES string of the molecule is CN(C[C@](C)(CC=O)c1ccccc1)S(=O)(=O)c1ccccc1. The monoisotopic (exact) mass is 331 g/mol. The number of hydrogen-bond donors (Lipinski definition) is 0. The van der Waals surface area contributed by atoms with Gasteiger partial charge < -0.3 is 4.79 Å². The number of hydrogen-bond acceptors (Lipinski definition) is 3. The van der Waals surface area contributed by atoms with Crippen LogP contribution >= 0.6 is 0 Å². The highest BCUT2D eigenvalue weighted by atomic mass is 32.2. The summed E-state index contributed by atoms with van der Waals surface area (Å²) in [5, 5.41) is 0. The van der Waals surface area contributed by atoms with Crippen molar-refractivity contribution in [2.45, 2.75) is 23.7 Å². The summed E-state index contributed by atoms with van der Waals surface area (Å²) < 4.78 is 26.7. The van der Waals surface area contributed by atoms with E-state index < -0.39 is 15.4 Å². The molecule has 0 radical (unpaired) electrons. The van der Waals surface area contributed by atoms with E-state index in [4.69, 9.17) is 0 Å². The lowest BCUT2D eigenvalue weighted by Crippen LogP contribution is -2.40. The van der Waals surface area contributed by atoms with E-state index in [9.17, 15) is 13.2 Å². The third-order valence-corrected chi connectivity index (χ3v) is 5.85. The third-order valence-electron chi connectivity index (χ3n) is 4.03. The second-order valence-electron chi connectivity index (χ2n) is 5.87. The molecule has 122 valence electrons. The number of nitrogens with zero attached hydrogens (tertiary/aromatic N) is 1. The molecule has 4 nitrogen and oxygen atoms in total. The van der Waals surface area contributed by atoms with Gasteiger partial charge in [0.05, 0.1) is 4.90 Å². The van der Waals surface area contributed by atoms with Gasteiger partial charge in [-0.1, -0.05) is 55.5 Å². The van der Waals surface area contributed by atoms with Crippen LogP contribution in [0.15, 0.2) is 65.6 Å². The van der Waals surface area contributed by atoms with Crippen LogP contribution in [0.5, 0.6) is 0 Å². The van der Waals surface area contributed by atoms with Crippen molar-refractivity contribution in [1.82, 2.24) is 4.31 Å². The molecule has 0 amide bonds. The Morgan fingerprint density at radius 1 is 1.00 bits per heavy atom. The van der Waals surface area contributed by atoms with E-state index in [2.05, 4.69) is 0 Å². The molecule has 0 spiro atoms. The molecule has 1 atom stereocenters. The zero-order valence-corrected chi connectivity index (χ0v) is 14.2. The summed E-state index contributed by atoms with van der Waals surface area (Å²) in [6, 6.07) is 17.9. The van der Waals surface area contributed by atoms with Gasteiger partial charge in [-0.3, -0.25) is 0 Å². The number of likely N-dealkylation sites (N-methyl/N-ethyl adjacent to an activating group) is 1. The van der Waals surface area contributed by atoms with Crippen molar-refractivity contribution in [3.05, 3.63) is 66.2 Å². The fraction of sp³-hybridized carbons (Fsp3) is 0.278. The lowest BCUT2D eigenvalue weighted by molar-refractivity contribution is -0.108. The zero-order chi connectivity index (χ0) is 16.9. The Bertz CT molecular complexity index is 744. The second kappa shape index (κ2) is 7.06. The minimum Gasteiger partial charge on any atom is -0.303 e. The van der Waals surface area contributed by atoms with E-state index in [1.165, 1.54) is 4.31 Å². The van der Waals surface area contributed by atoms with Gasteiger partial charge in [0, 0.05) is 25.4 Å². The van der Waals surface area contributed by atoms with E-state index in [0.29, 0.717) is 0 Å². The molecule has 0 saturated carbocycles.